The minimum absolute atomic E-state index is 0.0122. The number of thiophene rings is 1. The van der Waals surface area contributed by atoms with E-state index in [0.717, 1.165) is 23.5 Å². The van der Waals surface area contributed by atoms with Gasteiger partial charge in [0.15, 0.2) is 0 Å². The molecule has 28 heavy (non-hydrogen) atoms. The van der Waals surface area contributed by atoms with Gasteiger partial charge in [0.05, 0.1) is 11.1 Å². The number of Topliss-reactive ketones (excluding diaryl/α,β-unsaturated/α-hetero) is 1. The molecule has 0 spiro atoms. The van der Waals surface area contributed by atoms with Crippen LogP contribution in [0.1, 0.15) is 21.5 Å². The molecule has 0 saturated carbocycles. The summed E-state index contributed by atoms with van der Waals surface area (Å²) in [6.45, 7) is 0. The van der Waals surface area contributed by atoms with Gasteiger partial charge in [-0.1, -0.05) is 42.5 Å². The molecule has 1 aliphatic heterocycles. The molecule has 0 radical (unpaired) electrons. The van der Waals surface area contributed by atoms with E-state index in [0.29, 0.717) is 23.3 Å². The first-order valence-corrected chi connectivity index (χ1v) is 9.00. The zero-order valence-corrected chi connectivity index (χ0v) is 14.8. The first kappa shape index (κ1) is 18.4. The van der Waals surface area contributed by atoms with Crippen LogP contribution in [0.4, 0.5) is 22.6 Å². The fourth-order valence-corrected chi connectivity index (χ4v) is 4.08. The number of fused-ring (bicyclic) bond motifs is 1. The highest BCUT2D eigenvalue weighted by atomic mass is 32.1. The predicted octanol–water partition coefficient (Wildman–Crippen LogP) is 5.43. The van der Waals surface area contributed by atoms with Crippen molar-refractivity contribution in [2.45, 2.75) is 11.8 Å². The molecule has 3 aromatic rings. The van der Waals surface area contributed by atoms with Crippen molar-refractivity contribution in [1.82, 2.24) is 0 Å². The van der Waals surface area contributed by atoms with Gasteiger partial charge in [-0.25, -0.2) is 4.39 Å². The van der Waals surface area contributed by atoms with Crippen LogP contribution in [0, 0.1) is 0 Å². The molecule has 1 atom stereocenters. The third-order valence-electron chi connectivity index (χ3n) is 4.57. The van der Waals surface area contributed by atoms with Gasteiger partial charge in [0, 0.05) is 16.5 Å². The van der Waals surface area contributed by atoms with Crippen molar-refractivity contribution in [3.63, 3.8) is 0 Å². The van der Waals surface area contributed by atoms with Gasteiger partial charge in [0.25, 0.3) is 11.6 Å². The van der Waals surface area contributed by atoms with Crippen molar-refractivity contribution in [3.05, 3.63) is 76.7 Å². The number of hydrogen-bond acceptors (Lipinski definition) is 3. The number of alkyl halides is 4. The van der Waals surface area contributed by atoms with Gasteiger partial charge in [-0.2, -0.15) is 13.2 Å². The Hall–Kier alpha value is -3.00. The van der Waals surface area contributed by atoms with Crippen LogP contribution in [0.25, 0.3) is 11.1 Å². The second-order valence-corrected chi connectivity index (χ2v) is 7.12. The van der Waals surface area contributed by atoms with Crippen LogP contribution in [0.15, 0.2) is 60.0 Å². The Morgan fingerprint density at radius 2 is 1.57 bits per heavy atom. The van der Waals surface area contributed by atoms with Crippen LogP contribution >= 0.6 is 11.3 Å². The molecule has 1 unspecified atom stereocenters. The molecule has 1 N–H and O–H groups in total. The Kier molecular flexibility index (Phi) is 4.11. The van der Waals surface area contributed by atoms with Crippen LogP contribution in [0.5, 0.6) is 0 Å². The van der Waals surface area contributed by atoms with E-state index in [1.807, 2.05) is 0 Å². The lowest BCUT2D eigenvalue weighted by Gasteiger charge is -2.28. The fraction of sp³-hybridized carbons (Fsp3) is 0.100. The predicted molar refractivity (Wildman–Crippen MR) is 96.9 cm³/mol. The normalized spacial score (nSPS) is 19.3. The first-order chi connectivity index (χ1) is 13.2. The van der Waals surface area contributed by atoms with Crippen LogP contribution in [-0.4, -0.2) is 11.7 Å². The van der Waals surface area contributed by atoms with Crippen molar-refractivity contribution in [2.75, 3.05) is 5.32 Å². The number of benzene rings is 2. The molecule has 2 aromatic carbocycles. The molecule has 0 fully saturated rings. The number of anilines is 1. The van der Waals surface area contributed by atoms with Crippen LogP contribution in [-0.2, 0) is 16.6 Å². The van der Waals surface area contributed by atoms with Gasteiger partial charge in [-0.3, -0.25) is 9.59 Å². The summed E-state index contributed by atoms with van der Waals surface area (Å²) in [7, 11) is 0. The largest absolute Gasteiger partial charge is 0.416 e. The lowest BCUT2D eigenvalue weighted by Crippen LogP contribution is -2.47. The molecule has 142 valence electrons. The van der Waals surface area contributed by atoms with Crippen LogP contribution in [0.2, 0.25) is 0 Å². The summed E-state index contributed by atoms with van der Waals surface area (Å²) in [5.74, 6) is -2.31. The summed E-state index contributed by atoms with van der Waals surface area (Å²) in [5.41, 5.74) is -3.41. The van der Waals surface area contributed by atoms with Gasteiger partial charge in [-0.15, -0.1) is 11.3 Å². The van der Waals surface area contributed by atoms with E-state index in [9.17, 15) is 22.8 Å². The Morgan fingerprint density at radius 3 is 2.18 bits per heavy atom. The molecule has 8 heteroatoms. The van der Waals surface area contributed by atoms with E-state index in [1.165, 1.54) is 0 Å². The Bertz CT molecular complexity index is 1070. The summed E-state index contributed by atoms with van der Waals surface area (Å²) in [6.07, 6.45) is -4.61. The summed E-state index contributed by atoms with van der Waals surface area (Å²) in [4.78, 5) is 25.4. The SMILES string of the molecule is O=C1Nc2scc(-c3ccccc3)c2C(=O)C1(F)c1ccc(C(F)(F)F)cc1. The van der Waals surface area contributed by atoms with E-state index >= 15 is 4.39 Å². The van der Waals surface area contributed by atoms with Gasteiger partial charge in [-0.05, 0) is 17.7 Å². The van der Waals surface area contributed by atoms with Gasteiger partial charge in [0.2, 0.25) is 5.78 Å². The molecular weight excluding hydrogens is 394 g/mol. The molecule has 2 heterocycles. The zero-order chi connectivity index (χ0) is 20.1. The molecule has 0 saturated heterocycles. The number of hydrogen-bond donors (Lipinski definition) is 1. The van der Waals surface area contributed by atoms with E-state index in [4.69, 9.17) is 0 Å². The summed E-state index contributed by atoms with van der Waals surface area (Å²) >= 11 is 1.09. The number of nitrogens with one attached hydrogen (secondary N) is 1. The quantitative estimate of drug-likeness (QED) is 0.456. The highest BCUT2D eigenvalue weighted by molar-refractivity contribution is 7.15. The maximum Gasteiger partial charge on any atom is 0.416 e. The maximum absolute atomic E-state index is 15.7. The Labute approximate surface area is 160 Å². The Balaban J connectivity index is 1.82. The van der Waals surface area contributed by atoms with Crippen molar-refractivity contribution >= 4 is 28.0 Å². The van der Waals surface area contributed by atoms with Gasteiger partial charge in [0.1, 0.15) is 5.00 Å². The summed E-state index contributed by atoms with van der Waals surface area (Å²) < 4.78 is 54.0. The maximum atomic E-state index is 15.7. The summed E-state index contributed by atoms with van der Waals surface area (Å²) in [6, 6.07) is 11.7. The van der Waals surface area contributed by atoms with Crippen molar-refractivity contribution in [1.29, 1.82) is 0 Å². The summed E-state index contributed by atoms with van der Waals surface area (Å²) in [5, 5.41) is 4.23. The zero-order valence-electron chi connectivity index (χ0n) is 14.0. The lowest BCUT2D eigenvalue weighted by molar-refractivity contribution is -0.137. The second-order valence-electron chi connectivity index (χ2n) is 6.24. The number of halogens is 4. The lowest BCUT2D eigenvalue weighted by atomic mass is 9.82. The number of carbonyl (C=O) groups excluding carboxylic acids is 2. The molecule has 4 rings (SSSR count). The number of amides is 1. The topological polar surface area (TPSA) is 46.2 Å². The van der Waals surface area contributed by atoms with Crippen LogP contribution in [0.3, 0.4) is 0 Å². The highest BCUT2D eigenvalue weighted by Crippen LogP contribution is 2.45. The molecule has 1 amide bonds. The number of rotatable bonds is 2. The smallest absolute Gasteiger partial charge is 0.314 e. The molecular formula is C20H11F4NO2S. The van der Waals surface area contributed by atoms with Crippen molar-refractivity contribution in [2.24, 2.45) is 0 Å². The van der Waals surface area contributed by atoms with Crippen molar-refractivity contribution < 1.29 is 27.2 Å². The Morgan fingerprint density at radius 1 is 0.929 bits per heavy atom. The van der Waals surface area contributed by atoms with Crippen molar-refractivity contribution in [3.8, 4) is 11.1 Å². The minimum atomic E-state index is -4.61. The molecule has 1 aromatic heterocycles. The van der Waals surface area contributed by atoms with E-state index in [2.05, 4.69) is 5.32 Å². The molecule has 1 aliphatic rings. The third kappa shape index (κ3) is 2.72. The van der Waals surface area contributed by atoms with Crippen LogP contribution < -0.4 is 5.32 Å². The van der Waals surface area contributed by atoms with E-state index in [-0.39, 0.29) is 10.6 Å². The average Bonchev–Trinajstić information content (AvgIpc) is 3.10. The average molecular weight is 405 g/mol. The highest BCUT2D eigenvalue weighted by Gasteiger charge is 2.53. The van der Waals surface area contributed by atoms with Gasteiger partial charge < -0.3 is 5.32 Å². The molecule has 0 aliphatic carbocycles. The fourth-order valence-electron chi connectivity index (χ4n) is 3.12. The number of carbonyl (C=O) groups is 2. The molecule has 0 bridgehead atoms. The monoisotopic (exact) mass is 405 g/mol. The van der Waals surface area contributed by atoms with Gasteiger partial charge >= 0.3 is 6.18 Å². The minimum Gasteiger partial charge on any atom is -0.314 e. The third-order valence-corrected chi connectivity index (χ3v) is 5.46. The standard InChI is InChI=1S/C20H11F4NO2S/c21-19(12-6-8-13(9-7-12)20(22,23)24)16(26)15-14(11-4-2-1-3-5-11)10-28-17(15)25-18(19)27/h1-10H,(H,25,27). The van der Waals surface area contributed by atoms with E-state index in [1.54, 1.807) is 35.7 Å². The first-order valence-electron chi connectivity index (χ1n) is 8.12. The second kappa shape index (κ2) is 6.27. The molecule has 3 nitrogen and oxygen atoms in total. The van der Waals surface area contributed by atoms with E-state index < -0.39 is 34.7 Å². The number of ketones is 1.